The van der Waals surface area contributed by atoms with Gasteiger partial charge in [-0.2, -0.15) is 0 Å². The van der Waals surface area contributed by atoms with Crippen LogP contribution in [0.4, 0.5) is 0 Å². The first kappa shape index (κ1) is 12.9. The Bertz CT molecular complexity index is 552. The third-order valence-corrected chi connectivity index (χ3v) is 2.66. The molecule has 0 saturated heterocycles. The van der Waals surface area contributed by atoms with E-state index < -0.39 is 0 Å². The summed E-state index contributed by atoms with van der Waals surface area (Å²) in [6, 6.07) is 3.88. The number of imidazole rings is 1. The molecular weight excluding hydrogens is 246 g/mol. The number of benzene rings is 1. The molecule has 2 rings (SSSR count). The van der Waals surface area contributed by atoms with Crippen LogP contribution in [0.1, 0.15) is 22.6 Å². The lowest BCUT2D eigenvalue weighted by atomic mass is 10.1. The first-order valence-electron chi connectivity index (χ1n) is 5.95. The summed E-state index contributed by atoms with van der Waals surface area (Å²) < 4.78 is 0. The Balaban J connectivity index is 1.81. The molecule has 0 bridgehead atoms. The van der Waals surface area contributed by atoms with E-state index in [4.69, 9.17) is 5.11 Å². The van der Waals surface area contributed by atoms with Gasteiger partial charge in [-0.15, -0.1) is 0 Å². The quantitative estimate of drug-likeness (QED) is 0.607. The van der Waals surface area contributed by atoms with Crippen molar-refractivity contribution in [3.63, 3.8) is 0 Å². The highest BCUT2D eigenvalue weighted by atomic mass is 16.3. The average molecular weight is 261 g/mol. The fraction of sp³-hybridized carbons (Fsp3) is 0.231. The Morgan fingerprint density at radius 1 is 1.37 bits per heavy atom. The van der Waals surface area contributed by atoms with Gasteiger partial charge in [-0.3, -0.25) is 4.79 Å². The van der Waals surface area contributed by atoms with Gasteiger partial charge in [0.25, 0.3) is 5.91 Å². The maximum Gasteiger partial charge on any atom is 0.255 e. The van der Waals surface area contributed by atoms with Crippen molar-refractivity contribution < 1.29 is 15.0 Å². The fourth-order valence-electron chi connectivity index (χ4n) is 1.70. The summed E-state index contributed by atoms with van der Waals surface area (Å²) in [6.07, 6.45) is 4.93. The van der Waals surface area contributed by atoms with Crippen molar-refractivity contribution in [1.29, 1.82) is 0 Å². The lowest BCUT2D eigenvalue weighted by Crippen LogP contribution is -2.24. The zero-order valence-corrected chi connectivity index (χ0v) is 10.3. The van der Waals surface area contributed by atoms with Crippen molar-refractivity contribution in [3.05, 3.63) is 42.0 Å². The number of aromatic nitrogens is 2. The number of H-pyrrole nitrogens is 1. The van der Waals surface area contributed by atoms with Gasteiger partial charge in [0, 0.05) is 31.4 Å². The van der Waals surface area contributed by atoms with E-state index in [2.05, 4.69) is 15.3 Å². The Morgan fingerprint density at radius 2 is 2.21 bits per heavy atom. The number of rotatable bonds is 5. The van der Waals surface area contributed by atoms with Crippen LogP contribution in [0.5, 0.6) is 11.5 Å². The third-order valence-electron chi connectivity index (χ3n) is 2.66. The second kappa shape index (κ2) is 5.90. The maximum absolute atomic E-state index is 11.8. The van der Waals surface area contributed by atoms with Gasteiger partial charge in [-0.25, -0.2) is 4.98 Å². The molecule has 1 heterocycles. The number of aromatic hydroxyl groups is 2. The zero-order chi connectivity index (χ0) is 13.7. The van der Waals surface area contributed by atoms with E-state index in [1.165, 1.54) is 12.1 Å². The molecule has 6 nitrogen and oxygen atoms in total. The molecule has 0 saturated carbocycles. The van der Waals surface area contributed by atoms with Gasteiger partial charge in [-0.05, 0) is 18.6 Å². The normalized spacial score (nSPS) is 10.3. The van der Waals surface area contributed by atoms with E-state index in [0.29, 0.717) is 6.54 Å². The van der Waals surface area contributed by atoms with Crippen molar-refractivity contribution in [2.75, 3.05) is 6.54 Å². The van der Waals surface area contributed by atoms with Gasteiger partial charge in [0.2, 0.25) is 0 Å². The smallest absolute Gasteiger partial charge is 0.255 e. The van der Waals surface area contributed by atoms with Crippen LogP contribution in [0.15, 0.2) is 30.6 Å². The minimum absolute atomic E-state index is 0.0770. The second-order valence-corrected chi connectivity index (χ2v) is 4.10. The second-order valence-electron chi connectivity index (χ2n) is 4.10. The number of aromatic amines is 1. The van der Waals surface area contributed by atoms with Crippen molar-refractivity contribution in [1.82, 2.24) is 15.3 Å². The molecule has 0 radical (unpaired) electrons. The molecule has 0 unspecified atom stereocenters. The van der Waals surface area contributed by atoms with Crippen LogP contribution in [-0.4, -0.2) is 32.6 Å². The molecule has 0 aliphatic carbocycles. The molecule has 0 aliphatic rings. The number of hydrogen-bond donors (Lipinski definition) is 4. The van der Waals surface area contributed by atoms with Crippen molar-refractivity contribution >= 4 is 5.91 Å². The van der Waals surface area contributed by atoms with Gasteiger partial charge < -0.3 is 20.5 Å². The fourth-order valence-corrected chi connectivity index (χ4v) is 1.70. The minimum Gasteiger partial charge on any atom is -0.508 e. The van der Waals surface area contributed by atoms with E-state index in [0.717, 1.165) is 24.7 Å². The Kier molecular flexibility index (Phi) is 4.02. The van der Waals surface area contributed by atoms with Crippen LogP contribution >= 0.6 is 0 Å². The van der Waals surface area contributed by atoms with Crippen LogP contribution in [0.25, 0.3) is 0 Å². The Labute approximate surface area is 110 Å². The summed E-state index contributed by atoms with van der Waals surface area (Å²) in [5.74, 6) is 0.203. The largest absolute Gasteiger partial charge is 0.508 e. The van der Waals surface area contributed by atoms with Gasteiger partial charge in [0.05, 0.1) is 5.56 Å². The number of nitrogens with one attached hydrogen (secondary N) is 2. The molecule has 4 N–H and O–H groups in total. The van der Waals surface area contributed by atoms with Gasteiger partial charge >= 0.3 is 0 Å². The lowest BCUT2D eigenvalue weighted by molar-refractivity contribution is 0.0950. The van der Waals surface area contributed by atoms with E-state index in [1.807, 2.05) is 0 Å². The molecular formula is C13H15N3O3. The summed E-state index contributed by atoms with van der Waals surface area (Å²) in [5, 5.41) is 21.4. The predicted octanol–water partition coefficient (Wildman–Crippen LogP) is 1.18. The molecule has 6 heteroatoms. The molecule has 0 spiro atoms. The maximum atomic E-state index is 11.8. The first-order valence-corrected chi connectivity index (χ1v) is 5.95. The lowest BCUT2D eigenvalue weighted by Gasteiger charge is -2.06. The van der Waals surface area contributed by atoms with Crippen molar-refractivity contribution in [2.45, 2.75) is 12.8 Å². The molecule has 100 valence electrons. The number of phenols is 2. The Morgan fingerprint density at radius 3 is 2.89 bits per heavy atom. The molecule has 0 fully saturated rings. The number of hydrogen-bond acceptors (Lipinski definition) is 4. The highest BCUT2D eigenvalue weighted by Gasteiger charge is 2.10. The standard InChI is InChI=1S/C13H15N3O3/c17-9-3-4-10(11(18)8-9)13(19)16-5-1-2-12-14-6-7-15-12/h3-4,6-8,17-18H,1-2,5H2,(H,14,15)(H,16,19). The van der Waals surface area contributed by atoms with Crippen LogP contribution in [0.3, 0.4) is 0 Å². The monoisotopic (exact) mass is 261 g/mol. The summed E-state index contributed by atoms with van der Waals surface area (Å²) in [5.41, 5.74) is 0.149. The SMILES string of the molecule is O=C(NCCCc1ncc[nH]1)c1ccc(O)cc1O. The number of carbonyl (C=O) groups is 1. The van der Waals surface area contributed by atoms with Gasteiger partial charge in [0.1, 0.15) is 17.3 Å². The summed E-state index contributed by atoms with van der Waals surface area (Å²) >= 11 is 0. The van der Waals surface area contributed by atoms with E-state index in [1.54, 1.807) is 12.4 Å². The molecule has 0 aliphatic heterocycles. The number of aryl methyl sites for hydroxylation is 1. The molecule has 1 amide bonds. The highest BCUT2D eigenvalue weighted by molar-refractivity contribution is 5.96. The predicted molar refractivity (Wildman–Crippen MR) is 69.0 cm³/mol. The molecule has 1 aromatic carbocycles. The number of phenolic OH excluding ortho intramolecular Hbond substituents is 2. The third kappa shape index (κ3) is 3.48. The van der Waals surface area contributed by atoms with E-state index >= 15 is 0 Å². The van der Waals surface area contributed by atoms with Gasteiger partial charge in [0.15, 0.2) is 0 Å². The topological polar surface area (TPSA) is 98.2 Å². The number of carbonyl (C=O) groups excluding carboxylic acids is 1. The number of amides is 1. The first-order chi connectivity index (χ1) is 9.16. The molecule has 0 atom stereocenters. The van der Waals surface area contributed by atoms with E-state index in [-0.39, 0.29) is 23.0 Å². The molecule has 2 aromatic rings. The van der Waals surface area contributed by atoms with Gasteiger partial charge in [-0.1, -0.05) is 0 Å². The molecule has 19 heavy (non-hydrogen) atoms. The van der Waals surface area contributed by atoms with E-state index in [9.17, 15) is 9.90 Å². The van der Waals surface area contributed by atoms with Crippen molar-refractivity contribution in [3.8, 4) is 11.5 Å². The van der Waals surface area contributed by atoms with Crippen LogP contribution in [0.2, 0.25) is 0 Å². The Hall–Kier alpha value is -2.50. The van der Waals surface area contributed by atoms with Crippen LogP contribution in [0, 0.1) is 0 Å². The zero-order valence-electron chi connectivity index (χ0n) is 10.3. The van der Waals surface area contributed by atoms with Crippen molar-refractivity contribution in [2.24, 2.45) is 0 Å². The minimum atomic E-state index is -0.364. The highest BCUT2D eigenvalue weighted by Crippen LogP contribution is 2.22. The number of nitrogens with zero attached hydrogens (tertiary/aromatic N) is 1. The molecule has 1 aromatic heterocycles. The summed E-state index contributed by atoms with van der Waals surface area (Å²) in [4.78, 5) is 18.8. The summed E-state index contributed by atoms with van der Waals surface area (Å²) in [6.45, 7) is 0.486. The van der Waals surface area contributed by atoms with Crippen LogP contribution in [-0.2, 0) is 6.42 Å². The summed E-state index contributed by atoms with van der Waals surface area (Å²) in [7, 11) is 0. The average Bonchev–Trinajstić information content (AvgIpc) is 2.87. The van der Waals surface area contributed by atoms with Crippen LogP contribution < -0.4 is 5.32 Å².